The van der Waals surface area contributed by atoms with Gasteiger partial charge < -0.3 is 10.6 Å². The third kappa shape index (κ3) is 3.29. The molecule has 0 aliphatic heterocycles. The first-order chi connectivity index (χ1) is 9.67. The summed E-state index contributed by atoms with van der Waals surface area (Å²) in [5.74, 6) is 1.24. The predicted octanol–water partition coefficient (Wildman–Crippen LogP) is 3.22. The van der Waals surface area contributed by atoms with Crippen LogP contribution in [0, 0.1) is 0 Å². The Kier molecular flexibility index (Phi) is 5.35. The van der Waals surface area contributed by atoms with Crippen molar-refractivity contribution in [2.45, 2.75) is 71.4 Å². The van der Waals surface area contributed by atoms with E-state index in [1.807, 2.05) is 6.20 Å². The second-order valence-corrected chi connectivity index (χ2v) is 6.00. The van der Waals surface area contributed by atoms with Crippen molar-refractivity contribution in [3.63, 3.8) is 0 Å². The average Bonchev–Trinajstić information content (AvgIpc) is 2.49. The smallest absolute Gasteiger partial charge is 0.131 e. The zero-order valence-electron chi connectivity index (χ0n) is 13.1. The first kappa shape index (κ1) is 15.2. The Bertz CT molecular complexity index is 424. The first-order valence-corrected chi connectivity index (χ1v) is 7.99. The van der Waals surface area contributed by atoms with Crippen LogP contribution in [0.2, 0.25) is 0 Å². The van der Waals surface area contributed by atoms with Gasteiger partial charge in [-0.05, 0) is 19.8 Å². The van der Waals surface area contributed by atoms with Crippen molar-refractivity contribution < 1.29 is 0 Å². The number of nitrogens with zero attached hydrogens (tertiary/aromatic N) is 3. The molecule has 0 amide bonds. The number of aromatic nitrogens is 2. The van der Waals surface area contributed by atoms with Crippen LogP contribution in [0.15, 0.2) is 6.20 Å². The van der Waals surface area contributed by atoms with Crippen LogP contribution in [0.5, 0.6) is 0 Å². The molecular formula is C16H28N4. The molecule has 1 aromatic rings. The van der Waals surface area contributed by atoms with E-state index in [2.05, 4.69) is 35.6 Å². The molecule has 0 radical (unpaired) electrons. The molecule has 2 N–H and O–H groups in total. The summed E-state index contributed by atoms with van der Waals surface area (Å²) >= 11 is 0. The quantitative estimate of drug-likeness (QED) is 0.897. The molecule has 1 aliphatic carbocycles. The summed E-state index contributed by atoms with van der Waals surface area (Å²) in [6.07, 6.45) is 8.60. The number of anilines is 1. The van der Waals surface area contributed by atoms with Crippen LogP contribution in [-0.2, 0) is 6.54 Å². The Morgan fingerprint density at radius 2 is 2.00 bits per heavy atom. The van der Waals surface area contributed by atoms with Crippen LogP contribution in [0.4, 0.5) is 5.69 Å². The largest absolute Gasteiger partial charge is 0.366 e. The van der Waals surface area contributed by atoms with Gasteiger partial charge in [0.05, 0.1) is 17.6 Å². The normalized spacial score (nSPS) is 16.6. The molecule has 20 heavy (non-hydrogen) atoms. The van der Waals surface area contributed by atoms with E-state index >= 15 is 0 Å². The average molecular weight is 276 g/mol. The summed E-state index contributed by atoms with van der Waals surface area (Å²) < 4.78 is 0. The van der Waals surface area contributed by atoms with Gasteiger partial charge in [-0.2, -0.15) is 0 Å². The van der Waals surface area contributed by atoms with Crippen LogP contribution in [0.3, 0.4) is 0 Å². The van der Waals surface area contributed by atoms with Crippen molar-refractivity contribution in [2.24, 2.45) is 5.73 Å². The van der Waals surface area contributed by atoms with Crippen LogP contribution in [-0.4, -0.2) is 22.6 Å². The highest BCUT2D eigenvalue weighted by molar-refractivity contribution is 5.50. The fourth-order valence-corrected chi connectivity index (χ4v) is 3.11. The van der Waals surface area contributed by atoms with Crippen LogP contribution >= 0.6 is 0 Å². The molecule has 0 aromatic carbocycles. The Morgan fingerprint density at radius 1 is 1.30 bits per heavy atom. The maximum absolute atomic E-state index is 5.92. The van der Waals surface area contributed by atoms with Gasteiger partial charge in [0.2, 0.25) is 0 Å². The van der Waals surface area contributed by atoms with Gasteiger partial charge >= 0.3 is 0 Å². The van der Waals surface area contributed by atoms with Crippen molar-refractivity contribution in [2.75, 3.05) is 11.4 Å². The number of rotatable bonds is 5. The second-order valence-electron chi connectivity index (χ2n) is 6.00. The fraction of sp³-hybridized carbons (Fsp3) is 0.750. The minimum Gasteiger partial charge on any atom is -0.366 e. The van der Waals surface area contributed by atoms with Gasteiger partial charge in [0.15, 0.2) is 0 Å². The van der Waals surface area contributed by atoms with E-state index in [0.29, 0.717) is 18.5 Å². The van der Waals surface area contributed by atoms with Crippen molar-refractivity contribution in [1.82, 2.24) is 9.97 Å². The molecular weight excluding hydrogens is 248 g/mol. The molecule has 0 atom stereocenters. The maximum Gasteiger partial charge on any atom is 0.131 e. The Balaban J connectivity index is 2.28. The van der Waals surface area contributed by atoms with Gasteiger partial charge in [0.1, 0.15) is 5.82 Å². The van der Waals surface area contributed by atoms with Gasteiger partial charge in [-0.25, -0.2) is 9.97 Å². The van der Waals surface area contributed by atoms with E-state index in [9.17, 15) is 0 Å². The molecule has 1 heterocycles. The summed E-state index contributed by atoms with van der Waals surface area (Å²) in [5.41, 5.74) is 8.07. The Morgan fingerprint density at radius 3 is 2.55 bits per heavy atom. The molecule has 2 rings (SSSR count). The lowest BCUT2D eigenvalue weighted by atomic mass is 9.93. The zero-order valence-corrected chi connectivity index (χ0v) is 13.1. The van der Waals surface area contributed by atoms with E-state index in [0.717, 1.165) is 23.8 Å². The summed E-state index contributed by atoms with van der Waals surface area (Å²) in [5, 5.41) is 0. The topological polar surface area (TPSA) is 55.0 Å². The number of hydrogen-bond donors (Lipinski definition) is 1. The van der Waals surface area contributed by atoms with E-state index in [1.54, 1.807) is 0 Å². The molecule has 0 saturated heterocycles. The summed E-state index contributed by atoms with van der Waals surface area (Å²) in [4.78, 5) is 11.7. The van der Waals surface area contributed by atoms with E-state index in [4.69, 9.17) is 5.73 Å². The molecule has 0 unspecified atom stereocenters. The molecule has 1 aliphatic rings. The van der Waals surface area contributed by atoms with E-state index in [1.165, 1.54) is 32.1 Å². The highest BCUT2D eigenvalue weighted by Crippen LogP contribution is 2.29. The predicted molar refractivity (Wildman–Crippen MR) is 83.9 cm³/mol. The molecule has 1 saturated carbocycles. The van der Waals surface area contributed by atoms with Crippen molar-refractivity contribution in [3.8, 4) is 0 Å². The minimum absolute atomic E-state index is 0.346. The zero-order chi connectivity index (χ0) is 14.5. The summed E-state index contributed by atoms with van der Waals surface area (Å²) in [7, 11) is 0. The summed E-state index contributed by atoms with van der Waals surface area (Å²) in [6, 6.07) is 0.632. The van der Waals surface area contributed by atoms with E-state index in [-0.39, 0.29) is 0 Å². The lowest BCUT2D eigenvalue weighted by Gasteiger charge is -2.36. The fourth-order valence-electron chi connectivity index (χ4n) is 3.11. The van der Waals surface area contributed by atoms with Crippen LogP contribution in [0.25, 0.3) is 0 Å². The van der Waals surface area contributed by atoms with Crippen molar-refractivity contribution in [1.29, 1.82) is 0 Å². The standard InChI is InChI=1S/C16H28N4/c1-4-20(13-8-6-5-7-9-13)15-11-18-16(12(2)3)19-14(15)10-17/h11-13H,4-10,17H2,1-3H3. The molecule has 0 bridgehead atoms. The number of hydrogen-bond acceptors (Lipinski definition) is 4. The van der Waals surface area contributed by atoms with Gasteiger partial charge in [0, 0.05) is 25.0 Å². The molecule has 4 nitrogen and oxygen atoms in total. The summed E-state index contributed by atoms with van der Waals surface area (Å²) in [6.45, 7) is 7.94. The SMILES string of the molecule is CCN(c1cnc(C(C)C)nc1CN)C1CCCCC1. The Labute approximate surface area is 122 Å². The third-order valence-corrected chi connectivity index (χ3v) is 4.24. The molecule has 0 spiro atoms. The van der Waals surface area contributed by atoms with Gasteiger partial charge in [-0.1, -0.05) is 33.1 Å². The first-order valence-electron chi connectivity index (χ1n) is 7.99. The molecule has 112 valence electrons. The van der Waals surface area contributed by atoms with E-state index < -0.39 is 0 Å². The lowest BCUT2D eigenvalue weighted by Crippen LogP contribution is -2.38. The molecule has 4 heteroatoms. The highest BCUT2D eigenvalue weighted by atomic mass is 15.2. The second kappa shape index (κ2) is 7.02. The van der Waals surface area contributed by atoms with Gasteiger partial charge in [-0.15, -0.1) is 0 Å². The van der Waals surface area contributed by atoms with Crippen molar-refractivity contribution in [3.05, 3.63) is 17.7 Å². The third-order valence-electron chi connectivity index (χ3n) is 4.24. The van der Waals surface area contributed by atoms with Gasteiger partial charge in [0.25, 0.3) is 0 Å². The lowest BCUT2D eigenvalue weighted by molar-refractivity contribution is 0.417. The highest BCUT2D eigenvalue weighted by Gasteiger charge is 2.23. The van der Waals surface area contributed by atoms with Crippen molar-refractivity contribution >= 4 is 5.69 Å². The molecule has 1 fully saturated rings. The Hall–Kier alpha value is -1.16. The van der Waals surface area contributed by atoms with Gasteiger partial charge in [-0.3, -0.25) is 0 Å². The monoisotopic (exact) mass is 276 g/mol. The van der Waals surface area contributed by atoms with Crippen LogP contribution < -0.4 is 10.6 Å². The molecule has 1 aromatic heterocycles. The number of nitrogens with two attached hydrogens (primary N) is 1. The van der Waals surface area contributed by atoms with Crippen LogP contribution in [0.1, 0.15) is 70.3 Å². The minimum atomic E-state index is 0.346. The maximum atomic E-state index is 5.92.